The largest absolute Gasteiger partial charge is 0.444 e. The molecular weight excluding hydrogens is 648 g/mol. The number of hydrogen-bond donors (Lipinski definition) is 2. The van der Waals surface area contributed by atoms with Crippen LogP contribution in [-0.2, 0) is 37.4 Å². The molecule has 0 unspecified atom stereocenters. The van der Waals surface area contributed by atoms with Gasteiger partial charge >= 0.3 is 12.2 Å². The van der Waals surface area contributed by atoms with Gasteiger partial charge in [-0.05, 0) is 96.6 Å². The summed E-state index contributed by atoms with van der Waals surface area (Å²) in [6.45, 7) is 17.1. The van der Waals surface area contributed by atoms with Crippen molar-refractivity contribution in [2.45, 2.75) is 117 Å². The summed E-state index contributed by atoms with van der Waals surface area (Å²) in [6, 6.07) is 7.57. The Kier molecular flexibility index (Phi) is 10.9. The van der Waals surface area contributed by atoms with Gasteiger partial charge in [-0.2, -0.15) is 0 Å². The molecule has 12 nitrogen and oxygen atoms in total. The van der Waals surface area contributed by atoms with Gasteiger partial charge in [0.15, 0.2) is 0 Å². The second kappa shape index (κ2) is 14.9. The van der Waals surface area contributed by atoms with E-state index >= 15 is 0 Å². The first-order valence-electron chi connectivity index (χ1n) is 18.0. The van der Waals surface area contributed by atoms with Gasteiger partial charge in [0.25, 0.3) is 0 Å². The van der Waals surface area contributed by atoms with Crippen molar-refractivity contribution in [2.24, 2.45) is 4.99 Å². The maximum Gasteiger partial charge on any atom is 0.413 e. The molecule has 51 heavy (non-hydrogen) atoms. The van der Waals surface area contributed by atoms with Crippen LogP contribution in [0.2, 0.25) is 0 Å². The SMILES string of the molecule is CCCN(CCC)C(=O)C1=Cc2ccc(C3(C(=O)Nc4cnc5c(c4)CN(C(=O)OC(C)(C)C)CC5)CC3)cc2N=C(NC(=O)OC(C)(C)C)C1. The maximum atomic E-state index is 13.9. The summed E-state index contributed by atoms with van der Waals surface area (Å²) in [7, 11) is 0. The lowest BCUT2D eigenvalue weighted by Gasteiger charge is -2.31. The van der Waals surface area contributed by atoms with Crippen LogP contribution in [-0.4, -0.2) is 75.5 Å². The lowest BCUT2D eigenvalue weighted by Crippen LogP contribution is -2.40. The molecule has 274 valence electrons. The minimum Gasteiger partial charge on any atom is -0.444 e. The topological polar surface area (TPSA) is 143 Å². The van der Waals surface area contributed by atoms with Crippen LogP contribution in [0.25, 0.3) is 6.08 Å². The average Bonchev–Trinajstić information content (AvgIpc) is 3.86. The number of carbonyl (C=O) groups is 4. The van der Waals surface area contributed by atoms with E-state index in [1.807, 2.05) is 69.9 Å². The van der Waals surface area contributed by atoms with Crippen LogP contribution in [0.3, 0.4) is 0 Å². The van der Waals surface area contributed by atoms with Gasteiger partial charge in [0.05, 0.1) is 29.5 Å². The number of nitrogens with one attached hydrogen (secondary N) is 2. The Morgan fingerprint density at radius 1 is 0.941 bits per heavy atom. The summed E-state index contributed by atoms with van der Waals surface area (Å²) in [4.78, 5) is 66.2. The third-order valence-electron chi connectivity index (χ3n) is 8.85. The van der Waals surface area contributed by atoms with Crippen LogP contribution >= 0.6 is 0 Å². The average molecular weight is 701 g/mol. The number of pyridine rings is 1. The fourth-order valence-corrected chi connectivity index (χ4v) is 6.35. The standard InChI is InChI=1S/C39H52N6O6/c1-9-16-44(17-10-2)33(46)26-19-25-11-12-28(22-31(25)42-32(21-26)43-35(48)50-37(3,4)5)39(14-15-39)34(47)41-29-20-27-24-45(18-13-30(27)40-23-29)36(49)51-38(6,7)8/h11-12,19-20,22-23H,9-10,13-18,21,24H2,1-8H3,(H,41,47)(H,42,43,48). The van der Waals surface area contributed by atoms with Crippen molar-refractivity contribution < 1.29 is 28.7 Å². The van der Waals surface area contributed by atoms with E-state index in [0.717, 1.165) is 35.2 Å². The normalized spacial score (nSPS) is 16.4. The van der Waals surface area contributed by atoms with Crippen LogP contribution in [0.5, 0.6) is 0 Å². The predicted molar refractivity (Wildman–Crippen MR) is 197 cm³/mol. The van der Waals surface area contributed by atoms with Crippen LogP contribution in [0.15, 0.2) is 41.0 Å². The van der Waals surface area contributed by atoms with E-state index < -0.39 is 22.7 Å². The highest BCUT2D eigenvalue weighted by Gasteiger charge is 2.51. The quantitative estimate of drug-likeness (QED) is 0.301. The summed E-state index contributed by atoms with van der Waals surface area (Å²) in [5.41, 5.74) is 2.82. The molecule has 5 rings (SSSR count). The van der Waals surface area contributed by atoms with Crippen LogP contribution in [0, 0.1) is 0 Å². The first-order chi connectivity index (χ1) is 24.0. The zero-order valence-electron chi connectivity index (χ0n) is 31.3. The molecule has 12 heteroatoms. The highest BCUT2D eigenvalue weighted by atomic mass is 16.6. The molecule has 0 saturated heterocycles. The number of amides is 4. The van der Waals surface area contributed by atoms with Gasteiger partial charge < -0.3 is 24.6 Å². The Balaban J connectivity index is 1.40. The number of aromatic nitrogens is 1. The van der Waals surface area contributed by atoms with Crippen LogP contribution < -0.4 is 10.6 Å². The van der Waals surface area contributed by atoms with E-state index in [1.54, 1.807) is 31.9 Å². The number of amidine groups is 1. The molecule has 0 bridgehead atoms. The van der Waals surface area contributed by atoms with Crippen molar-refractivity contribution in [2.75, 3.05) is 25.0 Å². The van der Waals surface area contributed by atoms with Gasteiger partial charge in [-0.1, -0.05) is 26.0 Å². The van der Waals surface area contributed by atoms with Gasteiger partial charge in [-0.15, -0.1) is 0 Å². The monoisotopic (exact) mass is 700 g/mol. The molecule has 1 aromatic carbocycles. The summed E-state index contributed by atoms with van der Waals surface area (Å²) < 4.78 is 11.1. The number of nitrogens with zero attached hydrogens (tertiary/aromatic N) is 4. The minimum atomic E-state index is -0.768. The number of anilines is 1. The molecule has 1 fully saturated rings. The second-order valence-electron chi connectivity index (χ2n) is 15.6. The van der Waals surface area contributed by atoms with Gasteiger partial charge in [0.1, 0.15) is 17.0 Å². The third kappa shape index (κ3) is 9.33. The maximum absolute atomic E-state index is 13.9. The van der Waals surface area contributed by atoms with Crippen molar-refractivity contribution >= 4 is 47.3 Å². The van der Waals surface area contributed by atoms with E-state index in [4.69, 9.17) is 14.5 Å². The number of alkyl carbamates (subject to hydrolysis) is 1. The van der Waals surface area contributed by atoms with Crippen molar-refractivity contribution in [3.8, 4) is 0 Å². The Morgan fingerprint density at radius 3 is 2.25 bits per heavy atom. The molecule has 0 spiro atoms. The highest BCUT2D eigenvalue weighted by molar-refractivity contribution is 6.09. The molecule has 1 saturated carbocycles. The summed E-state index contributed by atoms with van der Waals surface area (Å²) in [5, 5.41) is 5.85. The van der Waals surface area contributed by atoms with Crippen LogP contribution in [0.1, 0.15) is 110 Å². The number of fused-ring (bicyclic) bond motifs is 2. The van der Waals surface area contributed by atoms with E-state index in [9.17, 15) is 19.2 Å². The predicted octanol–water partition coefficient (Wildman–Crippen LogP) is 7.04. The first kappa shape index (κ1) is 37.5. The van der Waals surface area contributed by atoms with Gasteiger partial charge in [0.2, 0.25) is 11.8 Å². The van der Waals surface area contributed by atoms with E-state index in [0.29, 0.717) is 68.2 Å². The molecule has 1 aliphatic carbocycles. The van der Waals surface area contributed by atoms with Gasteiger partial charge in [0, 0.05) is 49.3 Å². The summed E-state index contributed by atoms with van der Waals surface area (Å²) >= 11 is 0. The molecular formula is C39H52N6O6. The number of ether oxygens (including phenoxy) is 2. The molecule has 4 amide bonds. The lowest BCUT2D eigenvalue weighted by atomic mass is 9.92. The number of benzene rings is 1. The molecule has 1 aromatic heterocycles. The Labute approximate surface area is 301 Å². The van der Waals surface area contributed by atoms with E-state index in [1.165, 1.54) is 0 Å². The molecule has 0 atom stereocenters. The lowest BCUT2D eigenvalue weighted by molar-refractivity contribution is -0.127. The Morgan fingerprint density at radius 2 is 1.63 bits per heavy atom. The Bertz CT molecular complexity index is 1740. The zero-order chi connectivity index (χ0) is 37.1. The fourth-order valence-electron chi connectivity index (χ4n) is 6.35. The van der Waals surface area contributed by atoms with Gasteiger partial charge in [-0.25, -0.2) is 14.6 Å². The van der Waals surface area contributed by atoms with Crippen molar-refractivity contribution in [1.82, 2.24) is 20.1 Å². The first-order valence-corrected chi connectivity index (χ1v) is 18.0. The minimum absolute atomic E-state index is 0.0970. The third-order valence-corrected chi connectivity index (χ3v) is 8.85. The van der Waals surface area contributed by atoms with Crippen molar-refractivity contribution in [3.63, 3.8) is 0 Å². The molecule has 2 aromatic rings. The molecule has 3 aliphatic rings. The molecule has 3 heterocycles. The highest BCUT2D eigenvalue weighted by Crippen LogP contribution is 2.50. The van der Waals surface area contributed by atoms with Crippen molar-refractivity contribution in [1.29, 1.82) is 0 Å². The molecule has 0 radical (unpaired) electrons. The number of hydrogen-bond acceptors (Lipinski definition) is 8. The van der Waals surface area contributed by atoms with Crippen molar-refractivity contribution in [3.05, 3.63) is 58.4 Å². The van der Waals surface area contributed by atoms with Crippen LogP contribution in [0.4, 0.5) is 21.0 Å². The smallest absolute Gasteiger partial charge is 0.413 e. The molecule has 2 aliphatic heterocycles. The molecule has 2 N–H and O–H groups in total. The van der Waals surface area contributed by atoms with Gasteiger partial charge in [-0.3, -0.25) is 19.9 Å². The van der Waals surface area contributed by atoms with E-state index in [2.05, 4.69) is 15.6 Å². The van der Waals surface area contributed by atoms with E-state index in [-0.39, 0.29) is 24.3 Å². The number of rotatable bonds is 8. The fraction of sp³-hybridized carbons (Fsp3) is 0.538. The summed E-state index contributed by atoms with van der Waals surface area (Å²) in [6.07, 6.45) is 6.14. The second-order valence-corrected chi connectivity index (χ2v) is 15.6. The number of carbonyl (C=O) groups excluding carboxylic acids is 4. The summed E-state index contributed by atoms with van der Waals surface area (Å²) in [5.74, 6) is 0.0395. The number of aliphatic imine (C=N–C) groups is 1. The zero-order valence-corrected chi connectivity index (χ0v) is 31.3. The Hall–Kier alpha value is -4.74.